The minimum atomic E-state index is -4.11. The third-order valence-corrected chi connectivity index (χ3v) is 8.54. The summed E-state index contributed by atoms with van der Waals surface area (Å²) < 4.78 is 28.7. The zero-order chi connectivity index (χ0) is 27.3. The Bertz CT molecular complexity index is 1400. The molecule has 0 aromatic heterocycles. The minimum absolute atomic E-state index is 0.0243. The van der Waals surface area contributed by atoms with Crippen LogP contribution >= 0.6 is 23.2 Å². The Balaban J connectivity index is 2.05. The lowest BCUT2D eigenvalue weighted by Gasteiger charge is -2.32. The van der Waals surface area contributed by atoms with E-state index in [1.54, 1.807) is 68.4 Å². The maximum Gasteiger partial charge on any atom is 0.264 e. The second kappa shape index (κ2) is 12.0. The van der Waals surface area contributed by atoms with Gasteiger partial charge in [-0.1, -0.05) is 65.2 Å². The molecular weight excluding hydrogens is 533 g/mol. The Labute approximate surface area is 228 Å². The van der Waals surface area contributed by atoms with Crippen molar-refractivity contribution in [2.24, 2.45) is 0 Å². The van der Waals surface area contributed by atoms with E-state index in [1.165, 1.54) is 24.1 Å². The van der Waals surface area contributed by atoms with Gasteiger partial charge in [0.1, 0.15) is 12.6 Å². The quantitative estimate of drug-likeness (QED) is 0.399. The average molecular weight is 563 g/mol. The first-order valence-electron chi connectivity index (χ1n) is 11.6. The van der Waals surface area contributed by atoms with Gasteiger partial charge in [-0.25, -0.2) is 8.42 Å². The lowest BCUT2D eigenvalue weighted by Crippen LogP contribution is -2.50. The van der Waals surface area contributed by atoms with E-state index in [1.807, 2.05) is 6.92 Å². The number of amides is 2. The molecule has 0 aliphatic rings. The van der Waals surface area contributed by atoms with Gasteiger partial charge in [0.2, 0.25) is 11.8 Å². The Morgan fingerprint density at radius 3 is 2.19 bits per heavy atom. The fourth-order valence-electron chi connectivity index (χ4n) is 3.82. The van der Waals surface area contributed by atoms with Crippen molar-refractivity contribution < 1.29 is 18.0 Å². The van der Waals surface area contributed by atoms with Crippen LogP contribution in [0.5, 0.6) is 0 Å². The number of anilines is 1. The third kappa shape index (κ3) is 6.63. The van der Waals surface area contributed by atoms with Gasteiger partial charge in [0.15, 0.2) is 0 Å². The number of nitrogens with one attached hydrogen (secondary N) is 1. The summed E-state index contributed by atoms with van der Waals surface area (Å²) in [7, 11) is -2.64. The third-order valence-electron chi connectivity index (χ3n) is 6.02. The Hall–Kier alpha value is -3.07. The second-order valence-corrected chi connectivity index (χ2v) is 11.3. The molecule has 7 nitrogen and oxygen atoms in total. The maximum atomic E-state index is 13.8. The molecule has 1 atom stereocenters. The largest absolute Gasteiger partial charge is 0.357 e. The monoisotopic (exact) mass is 561 g/mol. The Kier molecular flexibility index (Phi) is 9.23. The molecule has 3 aromatic rings. The SMILES string of the molecule is CNC(=O)C(C)N(Cc1ccc(Cl)c(Cl)c1)C(=O)CN(c1ccccc1C)S(=O)(=O)c1ccc(C)cc1. The van der Waals surface area contributed by atoms with E-state index >= 15 is 0 Å². The van der Waals surface area contributed by atoms with Crippen molar-refractivity contribution in [2.75, 3.05) is 17.9 Å². The molecule has 1 N–H and O–H groups in total. The van der Waals surface area contributed by atoms with Crippen molar-refractivity contribution in [3.63, 3.8) is 0 Å². The molecule has 2 amide bonds. The van der Waals surface area contributed by atoms with E-state index in [0.29, 0.717) is 26.9 Å². The standard InChI is InChI=1S/C27H29Cl2N3O4S/c1-18-9-12-22(13-10-18)37(35,36)32(25-8-6-5-7-19(25)2)17-26(33)31(20(3)27(34)30-4)16-21-11-14-23(28)24(29)15-21/h5-15,20H,16-17H2,1-4H3,(H,30,34). The van der Waals surface area contributed by atoms with Crippen molar-refractivity contribution in [1.29, 1.82) is 0 Å². The van der Waals surface area contributed by atoms with E-state index in [2.05, 4.69) is 5.32 Å². The molecule has 0 saturated heterocycles. The number of hydrogen-bond acceptors (Lipinski definition) is 4. The van der Waals surface area contributed by atoms with Crippen LogP contribution in [0.1, 0.15) is 23.6 Å². The number of likely N-dealkylation sites (N-methyl/N-ethyl adjacent to an activating group) is 1. The van der Waals surface area contributed by atoms with Crippen molar-refractivity contribution in [2.45, 2.75) is 38.3 Å². The first kappa shape index (κ1) is 28.5. The number of benzene rings is 3. The van der Waals surface area contributed by atoms with Crippen LogP contribution in [0.15, 0.2) is 71.6 Å². The fourth-order valence-corrected chi connectivity index (χ4v) is 5.62. The van der Waals surface area contributed by atoms with Gasteiger partial charge < -0.3 is 10.2 Å². The molecular formula is C27H29Cl2N3O4S. The molecule has 196 valence electrons. The number of sulfonamides is 1. The zero-order valence-corrected chi connectivity index (χ0v) is 23.4. The van der Waals surface area contributed by atoms with E-state index in [-0.39, 0.29) is 11.4 Å². The number of para-hydroxylation sites is 1. The highest BCUT2D eigenvalue weighted by Gasteiger charge is 2.32. The predicted molar refractivity (Wildman–Crippen MR) is 147 cm³/mol. The number of carbonyl (C=O) groups excluding carboxylic acids is 2. The fraction of sp³-hybridized carbons (Fsp3) is 0.259. The van der Waals surface area contributed by atoms with Crippen molar-refractivity contribution in [3.05, 3.63) is 93.5 Å². The summed E-state index contributed by atoms with van der Waals surface area (Å²) in [6, 6.07) is 17.4. The van der Waals surface area contributed by atoms with E-state index in [4.69, 9.17) is 23.2 Å². The van der Waals surface area contributed by atoms with E-state index in [9.17, 15) is 18.0 Å². The number of halogens is 2. The van der Waals surface area contributed by atoms with Crippen molar-refractivity contribution in [3.8, 4) is 0 Å². The topological polar surface area (TPSA) is 86.8 Å². The van der Waals surface area contributed by atoms with E-state index < -0.39 is 34.4 Å². The predicted octanol–water partition coefficient (Wildman–Crippen LogP) is 4.97. The first-order chi connectivity index (χ1) is 17.4. The van der Waals surface area contributed by atoms with Crippen LogP contribution in [-0.2, 0) is 26.2 Å². The molecule has 0 radical (unpaired) electrons. The van der Waals surface area contributed by atoms with Gasteiger partial charge in [-0.2, -0.15) is 0 Å². The number of hydrogen-bond donors (Lipinski definition) is 1. The van der Waals surface area contributed by atoms with Crippen LogP contribution < -0.4 is 9.62 Å². The maximum absolute atomic E-state index is 13.8. The van der Waals surface area contributed by atoms with Crippen molar-refractivity contribution in [1.82, 2.24) is 10.2 Å². The van der Waals surface area contributed by atoms with Crippen molar-refractivity contribution >= 4 is 50.7 Å². The summed E-state index contributed by atoms with van der Waals surface area (Å²) in [4.78, 5) is 27.7. The highest BCUT2D eigenvalue weighted by molar-refractivity contribution is 7.92. The lowest BCUT2D eigenvalue weighted by atomic mass is 10.1. The number of carbonyl (C=O) groups is 2. The smallest absolute Gasteiger partial charge is 0.264 e. The zero-order valence-electron chi connectivity index (χ0n) is 21.0. The van der Waals surface area contributed by atoms with Crippen LogP contribution in [0.25, 0.3) is 0 Å². The molecule has 1 unspecified atom stereocenters. The average Bonchev–Trinajstić information content (AvgIpc) is 2.87. The summed E-state index contributed by atoms with van der Waals surface area (Å²) in [6.45, 7) is 4.74. The minimum Gasteiger partial charge on any atom is -0.357 e. The van der Waals surface area contributed by atoms with Gasteiger partial charge >= 0.3 is 0 Å². The van der Waals surface area contributed by atoms with Gasteiger partial charge in [0.05, 0.1) is 20.6 Å². The normalized spacial score (nSPS) is 12.1. The van der Waals surface area contributed by atoms with Crippen LogP contribution in [-0.4, -0.2) is 44.8 Å². The lowest BCUT2D eigenvalue weighted by molar-refractivity contribution is -0.139. The van der Waals surface area contributed by atoms with Gasteiger partial charge in [-0.3, -0.25) is 13.9 Å². The first-order valence-corrected chi connectivity index (χ1v) is 13.7. The molecule has 0 spiro atoms. The van der Waals surface area contributed by atoms with Gasteiger partial charge in [0.25, 0.3) is 10.0 Å². The van der Waals surface area contributed by atoms with Gasteiger partial charge in [-0.05, 0) is 62.2 Å². The summed E-state index contributed by atoms with van der Waals surface area (Å²) in [5.41, 5.74) is 2.60. The van der Waals surface area contributed by atoms with Gasteiger partial charge in [-0.15, -0.1) is 0 Å². The number of aryl methyl sites for hydroxylation is 2. The molecule has 0 aliphatic heterocycles. The molecule has 37 heavy (non-hydrogen) atoms. The summed E-state index contributed by atoms with van der Waals surface area (Å²) in [6.07, 6.45) is 0. The Morgan fingerprint density at radius 2 is 1.59 bits per heavy atom. The molecule has 3 aromatic carbocycles. The van der Waals surface area contributed by atoms with Crippen LogP contribution in [0.3, 0.4) is 0 Å². The highest BCUT2D eigenvalue weighted by atomic mass is 35.5. The van der Waals surface area contributed by atoms with E-state index in [0.717, 1.165) is 9.87 Å². The molecule has 0 fully saturated rings. The summed E-state index contributed by atoms with van der Waals surface area (Å²) in [5.74, 6) is -0.946. The van der Waals surface area contributed by atoms with Crippen LogP contribution in [0, 0.1) is 13.8 Å². The number of nitrogens with zero attached hydrogens (tertiary/aromatic N) is 2. The molecule has 0 saturated carbocycles. The second-order valence-electron chi connectivity index (χ2n) is 8.67. The Morgan fingerprint density at radius 1 is 0.946 bits per heavy atom. The number of rotatable bonds is 9. The molecule has 0 aliphatic carbocycles. The van der Waals surface area contributed by atoms with Gasteiger partial charge in [0, 0.05) is 13.6 Å². The summed E-state index contributed by atoms with van der Waals surface area (Å²) >= 11 is 12.2. The highest BCUT2D eigenvalue weighted by Crippen LogP contribution is 2.28. The van der Waals surface area contributed by atoms with Crippen LogP contribution in [0.2, 0.25) is 10.0 Å². The molecule has 3 rings (SSSR count). The molecule has 10 heteroatoms. The molecule has 0 bridgehead atoms. The molecule has 0 heterocycles. The van der Waals surface area contributed by atoms with Crippen LogP contribution in [0.4, 0.5) is 5.69 Å². The summed E-state index contributed by atoms with van der Waals surface area (Å²) in [5, 5.41) is 3.22.